The largest absolute Gasteiger partial charge is 0.398 e. The molecule has 0 aliphatic rings. The van der Waals surface area contributed by atoms with E-state index in [9.17, 15) is 4.79 Å². The monoisotopic (exact) mass is 211 g/mol. The molecule has 1 amide bonds. The average molecular weight is 211 g/mol. The zero-order chi connectivity index (χ0) is 11.8. The van der Waals surface area contributed by atoms with Gasteiger partial charge in [0.15, 0.2) is 0 Å². The molecular weight excluding hydrogens is 194 g/mol. The van der Waals surface area contributed by atoms with Gasteiger partial charge in [-0.1, -0.05) is 6.08 Å². The number of hydrogen-bond acceptors (Lipinski definition) is 4. The Balaban J connectivity index is 4.59. The predicted octanol–water partition coefficient (Wildman–Crippen LogP) is -0.0696. The van der Waals surface area contributed by atoms with Crippen LogP contribution in [-0.4, -0.2) is 30.4 Å². The molecule has 0 bridgehead atoms. The van der Waals surface area contributed by atoms with Crippen LogP contribution in [0.5, 0.6) is 0 Å². The highest BCUT2D eigenvalue weighted by atomic mass is 16.3. The molecule has 0 aromatic rings. The fraction of sp³-hybridized carbons (Fsp3) is 0.400. The summed E-state index contributed by atoms with van der Waals surface area (Å²) in [4.78, 5) is 15.0. The molecule has 5 nitrogen and oxygen atoms in total. The van der Waals surface area contributed by atoms with Gasteiger partial charge in [0, 0.05) is 18.4 Å². The van der Waals surface area contributed by atoms with Crippen molar-refractivity contribution in [3.63, 3.8) is 0 Å². The summed E-state index contributed by atoms with van der Waals surface area (Å²) >= 11 is 0. The minimum absolute atomic E-state index is 0.171. The Morgan fingerprint density at radius 2 is 2.33 bits per heavy atom. The van der Waals surface area contributed by atoms with Gasteiger partial charge in [-0.3, -0.25) is 9.79 Å². The highest BCUT2D eigenvalue weighted by molar-refractivity contribution is 5.97. The van der Waals surface area contributed by atoms with Crippen molar-refractivity contribution in [2.75, 3.05) is 6.54 Å². The third kappa shape index (κ3) is 4.97. The second-order valence-corrected chi connectivity index (χ2v) is 3.03. The number of rotatable bonds is 5. The summed E-state index contributed by atoms with van der Waals surface area (Å²) < 4.78 is 0. The molecule has 0 heterocycles. The van der Waals surface area contributed by atoms with Crippen LogP contribution in [-0.2, 0) is 4.79 Å². The lowest BCUT2D eigenvalue weighted by Gasteiger charge is -2.09. The number of aliphatic hydroxyl groups is 1. The van der Waals surface area contributed by atoms with Crippen molar-refractivity contribution in [2.24, 2.45) is 10.7 Å². The Labute approximate surface area is 89.4 Å². The van der Waals surface area contributed by atoms with Crippen LogP contribution in [0, 0.1) is 0 Å². The van der Waals surface area contributed by atoms with Gasteiger partial charge < -0.3 is 16.2 Å². The van der Waals surface area contributed by atoms with Crippen molar-refractivity contribution >= 4 is 12.6 Å². The number of amides is 1. The van der Waals surface area contributed by atoms with Crippen LogP contribution in [0.15, 0.2) is 28.5 Å². The predicted molar refractivity (Wildman–Crippen MR) is 60.3 cm³/mol. The summed E-state index contributed by atoms with van der Waals surface area (Å²) in [7, 11) is 0. The SMILES string of the molecule is C=N/C=C(C(=O)NC[C@H](C)O)\C(N)=C/C. The number of nitrogens with zero attached hydrogens (tertiary/aromatic N) is 1. The van der Waals surface area contributed by atoms with Crippen LogP contribution in [0.25, 0.3) is 0 Å². The van der Waals surface area contributed by atoms with Crippen molar-refractivity contribution in [1.29, 1.82) is 0 Å². The highest BCUT2D eigenvalue weighted by Gasteiger charge is 2.11. The van der Waals surface area contributed by atoms with Gasteiger partial charge in [-0.25, -0.2) is 0 Å². The second kappa shape index (κ2) is 6.78. The topological polar surface area (TPSA) is 87.7 Å². The van der Waals surface area contributed by atoms with Crippen LogP contribution in [0.1, 0.15) is 13.8 Å². The lowest BCUT2D eigenvalue weighted by Crippen LogP contribution is -2.32. The number of aliphatic imine (C=N–C) groups is 1. The Hall–Kier alpha value is -1.62. The molecule has 0 aliphatic carbocycles. The molecule has 0 unspecified atom stereocenters. The van der Waals surface area contributed by atoms with Crippen molar-refractivity contribution in [3.8, 4) is 0 Å². The first kappa shape index (κ1) is 13.4. The zero-order valence-electron chi connectivity index (χ0n) is 9.03. The van der Waals surface area contributed by atoms with Gasteiger partial charge >= 0.3 is 0 Å². The molecule has 0 saturated heterocycles. The van der Waals surface area contributed by atoms with Crippen LogP contribution in [0.2, 0.25) is 0 Å². The molecule has 0 radical (unpaired) electrons. The van der Waals surface area contributed by atoms with E-state index in [1.54, 1.807) is 19.9 Å². The van der Waals surface area contributed by atoms with Gasteiger partial charge in [-0.15, -0.1) is 0 Å². The number of nitrogens with one attached hydrogen (secondary N) is 1. The minimum atomic E-state index is -0.598. The van der Waals surface area contributed by atoms with E-state index in [1.807, 2.05) is 0 Å². The van der Waals surface area contributed by atoms with Crippen molar-refractivity contribution in [3.05, 3.63) is 23.5 Å². The Bertz CT molecular complexity index is 293. The molecule has 0 spiro atoms. The number of allylic oxidation sites excluding steroid dienone is 1. The number of carbonyl (C=O) groups excluding carboxylic acids is 1. The molecule has 15 heavy (non-hydrogen) atoms. The molecule has 84 valence electrons. The van der Waals surface area contributed by atoms with E-state index in [2.05, 4.69) is 17.0 Å². The van der Waals surface area contributed by atoms with E-state index in [0.29, 0.717) is 5.70 Å². The smallest absolute Gasteiger partial charge is 0.255 e. The maximum Gasteiger partial charge on any atom is 0.255 e. The van der Waals surface area contributed by atoms with Crippen LogP contribution < -0.4 is 11.1 Å². The van der Waals surface area contributed by atoms with E-state index < -0.39 is 6.10 Å². The molecule has 4 N–H and O–H groups in total. The molecule has 0 fully saturated rings. The number of aliphatic hydroxyl groups excluding tert-OH is 1. The first-order valence-corrected chi connectivity index (χ1v) is 4.57. The quantitative estimate of drug-likeness (QED) is 0.338. The van der Waals surface area contributed by atoms with Crippen LogP contribution >= 0.6 is 0 Å². The molecule has 0 aliphatic heterocycles. The van der Waals surface area contributed by atoms with Crippen molar-refractivity contribution in [2.45, 2.75) is 20.0 Å². The third-order valence-electron chi connectivity index (χ3n) is 1.65. The van der Waals surface area contributed by atoms with Crippen LogP contribution in [0.4, 0.5) is 0 Å². The molecule has 0 rings (SSSR count). The molecular formula is C10H17N3O2. The maximum atomic E-state index is 11.5. The fourth-order valence-corrected chi connectivity index (χ4v) is 0.847. The minimum Gasteiger partial charge on any atom is -0.398 e. The first-order chi connectivity index (χ1) is 7.02. The molecule has 0 aromatic heterocycles. The number of carbonyl (C=O) groups is 1. The van der Waals surface area contributed by atoms with Gasteiger partial charge in [0.05, 0.1) is 11.7 Å². The molecule has 1 atom stereocenters. The fourth-order valence-electron chi connectivity index (χ4n) is 0.847. The molecule has 0 aromatic carbocycles. The summed E-state index contributed by atoms with van der Waals surface area (Å²) in [5, 5.41) is 11.5. The Kier molecular flexibility index (Phi) is 6.05. The van der Waals surface area contributed by atoms with E-state index in [0.717, 1.165) is 0 Å². The lowest BCUT2D eigenvalue weighted by molar-refractivity contribution is -0.117. The maximum absolute atomic E-state index is 11.5. The normalized spacial score (nSPS) is 14.6. The number of nitrogens with two attached hydrogens (primary N) is 1. The van der Waals surface area contributed by atoms with Gasteiger partial charge in [0.25, 0.3) is 5.91 Å². The molecule has 5 heteroatoms. The van der Waals surface area contributed by atoms with Crippen LogP contribution in [0.3, 0.4) is 0 Å². The Morgan fingerprint density at radius 1 is 1.73 bits per heavy atom. The summed E-state index contributed by atoms with van der Waals surface area (Å²) in [5.41, 5.74) is 6.16. The van der Waals surface area contributed by atoms with Crippen molar-refractivity contribution in [1.82, 2.24) is 5.32 Å². The zero-order valence-corrected chi connectivity index (χ0v) is 9.03. The average Bonchev–Trinajstić information content (AvgIpc) is 2.21. The van der Waals surface area contributed by atoms with E-state index in [-0.39, 0.29) is 18.0 Å². The third-order valence-corrected chi connectivity index (χ3v) is 1.65. The summed E-state index contributed by atoms with van der Waals surface area (Å²) in [5.74, 6) is -0.376. The second-order valence-electron chi connectivity index (χ2n) is 3.03. The first-order valence-electron chi connectivity index (χ1n) is 4.57. The van der Waals surface area contributed by atoms with Gasteiger partial charge in [0.2, 0.25) is 0 Å². The number of hydrogen-bond donors (Lipinski definition) is 3. The summed E-state index contributed by atoms with van der Waals surface area (Å²) in [6.07, 6.45) is 2.28. The van der Waals surface area contributed by atoms with Crippen molar-refractivity contribution < 1.29 is 9.90 Å². The summed E-state index contributed by atoms with van der Waals surface area (Å²) in [6, 6.07) is 0. The van der Waals surface area contributed by atoms with E-state index >= 15 is 0 Å². The lowest BCUT2D eigenvalue weighted by atomic mass is 10.2. The Morgan fingerprint density at radius 3 is 2.73 bits per heavy atom. The van der Waals surface area contributed by atoms with E-state index in [1.165, 1.54) is 6.20 Å². The molecule has 0 saturated carbocycles. The van der Waals surface area contributed by atoms with Gasteiger partial charge in [0.1, 0.15) is 0 Å². The van der Waals surface area contributed by atoms with Gasteiger partial charge in [-0.2, -0.15) is 0 Å². The summed E-state index contributed by atoms with van der Waals surface area (Å²) in [6.45, 7) is 6.72. The van der Waals surface area contributed by atoms with E-state index in [4.69, 9.17) is 10.8 Å². The van der Waals surface area contributed by atoms with Gasteiger partial charge in [-0.05, 0) is 20.6 Å². The standard InChI is InChI=1S/C10H17N3O2/c1-4-9(11)8(6-12-3)10(15)13-5-7(2)14/h4,6-7,14H,3,5,11H2,1-2H3,(H,13,15)/b8-6+,9-4+/t7-/m0/s1. The highest BCUT2D eigenvalue weighted by Crippen LogP contribution is 2.04.